The highest BCUT2D eigenvalue weighted by Gasteiger charge is 2.13. The highest BCUT2D eigenvalue weighted by molar-refractivity contribution is 5.85. The lowest BCUT2D eigenvalue weighted by atomic mass is 10.1. The Morgan fingerprint density at radius 2 is 2.08 bits per heavy atom. The monoisotopic (exact) mass is 356 g/mol. The van der Waals surface area contributed by atoms with Crippen LogP contribution in [0.2, 0.25) is 0 Å². The standard InChI is InChI=1S/C17H16N4O5/c1-11-2-3-12(6-14(11)21(23)24)8-19-20-17(22)9-18-13-4-5-15-16(7-13)26-10-25-15/h2-8,18H,9-10H2,1H3,(H,20,22)/b19-8-. The van der Waals surface area contributed by atoms with E-state index < -0.39 is 4.92 Å². The molecule has 0 aromatic heterocycles. The van der Waals surface area contributed by atoms with Gasteiger partial charge in [0.15, 0.2) is 11.5 Å². The molecule has 2 aromatic rings. The fourth-order valence-corrected chi connectivity index (χ4v) is 2.31. The summed E-state index contributed by atoms with van der Waals surface area (Å²) in [6.07, 6.45) is 1.35. The van der Waals surface area contributed by atoms with Crippen LogP contribution in [0.15, 0.2) is 41.5 Å². The molecule has 0 spiro atoms. The van der Waals surface area contributed by atoms with E-state index in [9.17, 15) is 14.9 Å². The minimum Gasteiger partial charge on any atom is -0.454 e. The van der Waals surface area contributed by atoms with Crippen LogP contribution in [0.5, 0.6) is 11.5 Å². The van der Waals surface area contributed by atoms with E-state index in [1.807, 2.05) is 0 Å². The number of carbonyl (C=O) groups is 1. The van der Waals surface area contributed by atoms with Crippen molar-refractivity contribution in [2.75, 3.05) is 18.7 Å². The molecule has 0 radical (unpaired) electrons. The highest BCUT2D eigenvalue weighted by Crippen LogP contribution is 2.34. The smallest absolute Gasteiger partial charge is 0.272 e. The maximum atomic E-state index is 11.8. The van der Waals surface area contributed by atoms with E-state index in [-0.39, 0.29) is 24.9 Å². The summed E-state index contributed by atoms with van der Waals surface area (Å²) in [4.78, 5) is 22.3. The maximum Gasteiger partial charge on any atom is 0.272 e. The molecule has 1 aliphatic heterocycles. The average Bonchev–Trinajstić information content (AvgIpc) is 3.09. The predicted molar refractivity (Wildman–Crippen MR) is 94.6 cm³/mol. The SMILES string of the molecule is Cc1ccc(/C=N\NC(=O)CNc2ccc3c(c2)OCO3)cc1[N+](=O)[O-]. The zero-order valence-corrected chi connectivity index (χ0v) is 13.9. The molecule has 26 heavy (non-hydrogen) atoms. The number of nitrogens with zero attached hydrogens (tertiary/aromatic N) is 2. The topological polar surface area (TPSA) is 115 Å². The van der Waals surface area contributed by atoms with Crippen LogP contribution < -0.4 is 20.2 Å². The number of hydrazone groups is 1. The van der Waals surface area contributed by atoms with Gasteiger partial charge in [0.25, 0.3) is 11.6 Å². The third kappa shape index (κ3) is 4.07. The second-order valence-corrected chi connectivity index (χ2v) is 5.52. The number of anilines is 1. The molecule has 0 saturated heterocycles. The average molecular weight is 356 g/mol. The van der Waals surface area contributed by atoms with Gasteiger partial charge in [-0.05, 0) is 19.1 Å². The Bertz CT molecular complexity index is 881. The molecule has 2 aromatic carbocycles. The Labute approximate surface area is 148 Å². The molecule has 0 fully saturated rings. The largest absolute Gasteiger partial charge is 0.454 e. The lowest BCUT2D eigenvalue weighted by Gasteiger charge is -2.06. The normalized spacial score (nSPS) is 12.2. The van der Waals surface area contributed by atoms with Gasteiger partial charge in [0.05, 0.1) is 17.7 Å². The van der Waals surface area contributed by atoms with Crippen LogP contribution in [0.4, 0.5) is 11.4 Å². The van der Waals surface area contributed by atoms with Crippen molar-refractivity contribution in [2.45, 2.75) is 6.92 Å². The fourth-order valence-electron chi connectivity index (χ4n) is 2.31. The third-order valence-corrected chi connectivity index (χ3v) is 3.66. The van der Waals surface area contributed by atoms with Gasteiger partial charge in [-0.25, -0.2) is 5.43 Å². The van der Waals surface area contributed by atoms with Crippen molar-refractivity contribution in [1.82, 2.24) is 5.43 Å². The van der Waals surface area contributed by atoms with E-state index in [2.05, 4.69) is 15.8 Å². The van der Waals surface area contributed by atoms with Crippen molar-refractivity contribution in [3.8, 4) is 11.5 Å². The number of ether oxygens (including phenoxy) is 2. The molecule has 0 saturated carbocycles. The lowest BCUT2D eigenvalue weighted by molar-refractivity contribution is -0.385. The molecule has 1 heterocycles. The van der Waals surface area contributed by atoms with Crippen LogP contribution in [0, 0.1) is 17.0 Å². The van der Waals surface area contributed by atoms with Gasteiger partial charge in [0.1, 0.15) is 0 Å². The molecule has 9 nitrogen and oxygen atoms in total. The van der Waals surface area contributed by atoms with E-state index in [0.29, 0.717) is 28.3 Å². The third-order valence-electron chi connectivity index (χ3n) is 3.66. The van der Waals surface area contributed by atoms with E-state index >= 15 is 0 Å². The molecular formula is C17H16N4O5. The van der Waals surface area contributed by atoms with Crippen molar-refractivity contribution in [1.29, 1.82) is 0 Å². The number of aryl methyl sites for hydroxylation is 1. The molecule has 9 heteroatoms. The lowest BCUT2D eigenvalue weighted by Crippen LogP contribution is -2.25. The molecule has 0 unspecified atom stereocenters. The summed E-state index contributed by atoms with van der Waals surface area (Å²) in [7, 11) is 0. The predicted octanol–water partition coefficient (Wildman–Crippen LogP) is 2.19. The summed E-state index contributed by atoms with van der Waals surface area (Å²) in [5, 5.41) is 17.7. The number of hydrogen-bond donors (Lipinski definition) is 2. The number of hydrogen-bond acceptors (Lipinski definition) is 7. The Morgan fingerprint density at radius 1 is 1.27 bits per heavy atom. The molecule has 1 amide bonds. The van der Waals surface area contributed by atoms with Gasteiger partial charge in [-0.2, -0.15) is 5.10 Å². The minimum atomic E-state index is -0.458. The summed E-state index contributed by atoms with van der Waals surface area (Å²) in [5.74, 6) is 0.923. The molecule has 2 N–H and O–H groups in total. The van der Waals surface area contributed by atoms with Crippen LogP contribution >= 0.6 is 0 Å². The molecule has 0 bridgehead atoms. The van der Waals surface area contributed by atoms with Crippen LogP contribution in [0.25, 0.3) is 0 Å². The first-order chi connectivity index (χ1) is 12.5. The zero-order valence-electron chi connectivity index (χ0n) is 13.9. The summed E-state index contributed by atoms with van der Waals surface area (Å²) in [6.45, 7) is 1.85. The van der Waals surface area contributed by atoms with Gasteiger partial charge >= 0.3 is 0 Å². The first-order valence-corrected chi connectivity index (χ1v) is 7.73. The van der Waals surface area contributed by atoms with Crippen molar-refractivity contribution < 1.29 is 19.2 Å². The Morgan fingerprint density at radius 3 is 2.88 bits per heavy atom. The summed E-state index contributed by atoms with van der Waals surface area (Å²) in [6, 6.07) is 9.98. The molecule has 1 aliphatic rings. The quantitative estimate of drug-likeness (QED) is 0.466. The Kier molecular flexibility index (Phi) is 4.97. The molecule has 0 atom stereocenters. The fraction of sp³-hybridized carbons (Fsp3) is 0.176. The van der Waals surface area contributed by atoms with Gasteiger partial charge < -0.3 is 14.8 Å². The van der Waals surface area contributed by atoms with Crippen molar-refractivity contribution in [3.05, 3.63) is 57.6 Å². The van der Waals surface area contributed by atoms with E-state index in [0.717, 1.165) is 0 Å². The zero-order chi connectivity index (χ0) is 18.5. The summed E-state index contributed by atoms with van der Waals surface area (Å²) >= 11 is 0. The van der Waals surface area contributed by atoms with E-state index in [1.165, 1.54) is 12.3 Å². The molecule has 134 valence electrons. The Balaban J connectivity index is 1.52. The summed E-state index contributed by atoms with van der Waals surface area (Å²) in [5.41, 5.74) is 4.15. The van der Waals surface area contributed by atoms with Gasteiger partial charge in [0.2, 0.25) is 6.79 Å². The Hall–Kier alpha value is -3.62. The number of nitro benzene ring substituents is 1. The second-order valence-electron chi connectivity index (χ2n) is 5.52. The number of nitro groups is 1. The maximum absolute atomic E-state index is 11.8. The number of benzene rings is 2. The van der Waals surface area contributed by atoms with Crippen LogP contribution in [-0.2, 0) is 4.79 Å². The number of nitrogens with one attached hydrogen (secondary N) is 2. The van der Waals surface area contributed by atoms with Crippen LogP contribution in [0.3, 0.4) is 0 Å². The van der Waals surface area contributed by atoms with Crippen LogP contribution in [0.1, 0.15) is 11.1 Å². The second kappa shape index (κ2) is 7.51. The number of amides is 1. The number of carbonyl (C=O) groups excluding carboxylic acids is 1. The van der Waals surface area contributed by atoms with Gasteiger partial charge in [-0.3, -0.25) is 14.9 Å². The van der Waals surface area contributed by atoms with Gasteiger partial charge in [-0.15, -0.1) is 0 Å². The number of rotatable bonds is 6. The van der Waals surface area contributed by atoms with Crippen molar-refractivity contribution in [3.63, 3.8) is 0 Å². The van der Waals surface area contributed by atoms with Crippen molar-refractivity contribution >= 4 is 23.5 Å². The highest BCUT2D eigenvalue weighted by atomic mass is 16.7. The first kappa shape index (κ1) is 17.2. The number of fused-ring (bicyclic) bond motifs is 1. The minimum absolute atomic E-state index is 0.00440. The van der Waals surface area contributed by atoms with E-state index in [1.54, 1.807) is 37.3 Å². The molecular weight excluding hydrogens is 340 g/mol. The van der Waals surface area contributed by atoms with Gasteiger partial charge in [-0.1, -0.05) is 12.1 Å². The van der Waals surface area contributed by atoms with Crippen molar-refractivity contribution in [2.24, 2.45) is 5.10 Å². The van der Waals surface area contributed by atoms with E-state index in [4.69, 9.17) is 9.47 Å². The molecule has 0 aliphatic carbocycles. The first-order valence-electron chi connectivity index (χ1n) is 7.73. The van der Waals surface area contributed by atoms with Crippen LogP contribution in [-0.4, -0.2) is 30.4 Å². The summed E-state index contributed by atoms with van der Waals surface area (Å²) < 4.78 is 10.5. The molecule has 3 rings (SSSR count). The van der Waals surface area contributed by atoms with Gasteiger partial charge in [0, 0.05) is 28.9 Å².